The molecule has 1 aromatic heterocycles. The van der Waals surface area contributed by atoms with E-state index in [9.17, 15) is 14.9 Å². The number of likely N-dealkylation sites (tertiary alicyclic amines) is 1. The third-order valence-electron chi connectivity index (χ3n) is 6.24. The van der Waals surface area contributed by atoms with Crippen molar-refractivity contribution < 1.29 is 9.59 Å². The molecule has 4 rings (SSSR count). The number of hydrogen-bond donors (Lipinski definition) is 0. The van der Waals surface area contributed by atoms with Crippen LogP contribution in [-0.4, -0.2) is 34.4 Å². The number of fused-ring (bicyclic) bond motifs is 1. The SMILES string of the molecule is Cc1cn(C(=O)c2c(Cl)ccc(C(=O)N3CCC(C)CC3)c2Cl)c2c(C)cc(C#N)cc12. The summed E-state index contributed by atoms with van der Waals surface area (Å²) in [6, 6.07) is 8.80. The lowest BCUT2D eigenvalue weighted by atomic mass is 9.98. The van der Waals surface area contributed by atoms with Gasteiger partial charge >= 0.3 is 0 Å². The van der Waals surface area contributed by atoms with Crippen molar-refractivity contribution in [2.75, 3.05) is 13.1 Å². The van der Waals surface area contributed by atoms with Crippen LogP contribution in [0.5, 0.6) is 0 Å². The molecule has 0 atom stereocenters. The summed E-state index contributed by atoms with van der Waals surface area (Å²) in [6.45, 7) is 7.26. The van der Waals surface area contributed by atoms with Crippen molar-refractivity contribution in [2.45, 2.75) is 33.6 Å². The molecule has 0 saturated carbocycles. The molecule has 1 aliphatic heterocycles. The fourth-order valence-corrected chi connectivity index (χ4v) is 4.98. The van der Waals surface area contributed by atoms with E-state index in [0.717, 1.165) is 29.4 Å². The first-order valence-electron chi connectivity index (χ1n) is 10.6. The first-order valence-corrected chi connectivity index (χ1v) is 11.3. The average molecular weight is 468 g/mol. The molecule has 2 heterocycles. The molecule has 32 heavy (non-hydrogen) atoms. The predicted molar refractivity (Wildman–Crippen MR) is 127 cm³/mol. The van der Waals surface area contributed by atoms with Crippen molar-refractivity contribution in [2.24, 2.45) is 5.92 Å². The van der Waals surface area contributed by atoms with Gasteiger partial charge in [0, 0.05) is 24.7 Å². The van der Waals surface area contributed by atoms with E-state index in [0.29, 0.717) is 30.1 Å². The van der Waals surface area contributed by atoms with Gasteiger partial charge in [-0.05, 0) is 68.0 Å². The van der Waals surface area contributed by atoms with Crippen LogP contribution in [0.1, 0.15) is 57.2 Å². The molecule has 0 radical (unpaired) electrons. The number of amides is 1. The van der Waals surface area contributed by atoms with E-state index in [1.54, 1.807) is 35.4 Å². The van der Waals surface area contributed by atoms with E-state index in [4.69, 9.17) is 23.2 Å². The Hall–Kier alpha value is -2.81. The molecular weight excluding hydrogens is 445 g/mol. The number of carbonyl (C=O) groups excluding carboxylic acids is 2. The largest absolute Gasteiger partial charge is 0.339 e. The van der Waals surface area contributed by atoms with Gasteiger partial charge < -0.3 is 4.90 Å². The molecule has 1 fully saturated rings. The number of hydrogen-bond acceptors (Lipinski definition) is 3. The molecule has 1 saturated heterocycles. The summed E-state index contributed by atoms with van der Waals surface area (Å²) in [7, 11) is 0. The zero-order valence-corrected chi connectivity index (χ0v) is 19.7. The average Bonchev–Trinajstić information content (AvgIpc) is 3.11. The van der Waals surface area contributed by atoms with Gasteiger partial charge in [0.25, 0.3) is 11.8 Å². The highest BCUT2D eigenvalue weighted by Gasteiger charge is 2.28. The van der Waals surface area contributed by atoms with Gasteiger partial charge in [-0.3, -0.25) is 14.2 Å². The number of piperidine rings is 1. The lowest BCUT2D eigenvalue weighted by Gasteiger charge is -2.30. The van der Waals surface area contributed by atoms with Gasteiger partial charge in [0.15, 0.2) is 0 Å². The van der Waals surface area contributed by atoms with Gasteiger partial charge in [0.05, 0.1) is 38.3 Å². The number of aromatic nitrogens is 1. The first kappa shape index (κ1) is 22.4. The standard InChI is InChI=1S/C25H23Cl2N3O2/c1-14-6-8-29(9-7-14)24(31)18-4-5-20(26)21(22(18)27)25(32)30-13-16(3)19-11-17(12-28)10-15(2)23(19)30/h4-5,10-11,13-14H,6-9H2,1-3H3. The third kappa shape index (κ3) is 3.79. The Kier molecular flexibility index (Phi) is 6.03. The Morgan fingerprint density at radius 3 is 2.41 bits per heavy atom. The minimum atomic E-state index is -0.409. The molecule has 7 heteroatoms. The van der Waals surface area contributed by atoms with Crippen LogP contribution in [0.2, 0.25) is 10.0 Å². The molecule has 1 aliphatic rings. The minimum Gasteiger partial charge on any atom is -0.339 e. The van der Waals surface area contributed by atoms with Gasteiger partial charge in [-0.1, -0.05) is 30.1 Å². The van der Waals surface area contributed by atoms with E-state index >= 15 is 0 Å². The summed E-state index contributed by atoms with van der Waals surface area (Å²) in [4.78, 5) is 28.5. The molecule has 0 spiro atoms. The van der Waals surface area contributed by atoms with Crippen LogP contribution >= 0.6 is 23.2 Å². The minimum absolute atomic E-state index is 0.0666. The molecular formula is C25H23Cl2N3O2. The number of benzene rings is 2. The Morgan fingerprint density at radius 1 is 1.06 bits per heavy atom. The Bertz CT molecular complexity index is 1290. The van der Waals surface area contributed by atoms with Crippen molar-refractivity contribution >= 4 is 45.9 Å². The van der Waals surface area contributed by atoms with Crippen LogP contribution in [0.3, 0.4) is 0 Å². The van der Waals surface area contributed by atoms with Crippen LogP contribution in [0.4, 0.5) is 0 Å². The quantitative estimate of drug-likeness (QED) is 0.464. The van der Waals surface area contributed by atoms with Crippen LogP contribution in [0.25, 0.3) is 10.9 Å². The maximum Gasteiger partial charge on any atom is 0.265 e. The highest BCUT2D eigenvalue weighted by atomic mass is 35.5. The molecule has 0 aliphatic carbocycles. The van der Waals surface area contributed by atoms with Crippen LogP contribution in [-0.2, 0) is 0 Å². The third-order valence-corrected chi connectivity index (χ3v) is 6.95. The maximum atomic E-state index is 13.6. The zero-order valence-electron chi connectivity index (χ0n) is 18.2. The molecule has 3 aromatic rings. The molecule has 0 bridgehead atoms. The molecule has 164 valence electrons. The summed E-state index contributed by atoms with van der Waals surface area (Å²) < 4.78 is 1.51. The summed E-state index contributed by atoms with van der Waals surface area (Å²) in [5, 5.41) is 10.4. The fraction of sp³-hybridized carbons (Fsp3) is 0.320. The number of halogens is 2. The lowest BCUT2D eigenvalue weighted by Crippen LogP contribution is -2.38. The van der Waals surface area contributed by atoms with E-state index in [1.807, 2.05) is 13.8 Å². The Balaban J connectivity index is 1.79. The second kappa shape index (κ2) is 8.61. The molecule has 2 aromatic carbocycles. The Labute approximate surface area is 197 Å². The Morgan fingerprint density at radius 2 is 1.75 bits per heavy atom. The first-order chi connectivity index (χ1) is 15.2. The summed E-state index contributed by atoms with van der Waals surface area (Å²) >= 11 is 13.1. The van der Waals surface area contributed by atoms with E-state index in [-0.39, 0.29) is 27.1 Å². The van der Waals surface area contributed by atoms with Gasteiger partial charge in [0.2, 0.25) is 0 Å². The van der Waals surface area contributed by atoms with Crippen molar-refractivity contribution in [3.8, 4) is 6.07 Å². The molecule has 0 N–H and O–H groups in total. The second-order valence-electron chi connectivity index (χ2n) is 8.55. The smallest absolute Gasteiger partial charge is 0.265 e. The number of nitriles is 1. The predicted octanol–water partition coefficient (Wildman–Crippen LogP) is 6.00. The number of rotatable bonds is 2. The second-order valence-corrected chi connectivity index (χ2v) is 9.33. The summed E-state index contributed by atoms with van der Waals surface area (Å²) in [6.07, 6.45) is 3.61. The van der Waals surface area contributed by atoms with Crippen molar-refractivity contribution in [1.29, 1.82) is 5.26 Å². The normalized spacial score (nSPS) is 14.6. The van der Waals surface area contributed by atoms with Crippen LogP contribution < -0.4 is 0 Å². The van der Waals surface area contributed by atoms with Gasteiger partial charge in [-0.2, -0.15) is 5.26 Å². The lowest BCUT2D eigenvalue weighted by molar-refractivity contribution is 0.0697. The van der Waals surface area contributed by atoms with E-state index < -0.39 is 5.91 Å². The number of nitrogens with zero attached hydrogens (tertiary/aromatic N) is 3. The maximum absolute atomic E-state index is 13.6. The zero-order chi connectivity index (χ0) is 23.2. The van der Waals surface area contributed by atoms with Gasteiger partial charge in [-0.25, -0.2) is 0 Å². The highest BCUT2D eigenvalue weighted by Crippen LogP contribution is 2.33. The van der Waals surface area contributed by atoms with Crippen molar-refractivity contribution in [1.82, 2.24) is 9.47 Å². The van der Waals surface area contributed by atoms with E-state index in [2.05, 4.69) is 13.0 Å². The van der Waals surface area contributed by atoms with Gasteiger partial charge in [-0.15, -0.1) is 0 Å². The topological polar surface area (TPSA) is 66.1 Å². The van der Waals surface area contributed by atoms with Crippen molar-refractivity contribution in [3.05, 3.63) is 68.3 Å². The van der Waals surface area contributed by atoms with Crippen molar-refractivity contribution in [3.63, 3.8) is 0 Å². The highest BCUT2D eigenvalue weighted by molar-refractivity contribution is 6.41. The summed E-state index contributed by atoms with van der Waals surface area (Å²) in [5.41, 5.74) is 3.26. The molecule has 0 unspecified atom stereocenters. The summed E-state index contributed by atoms with van der Waals surface area (Å²) in [5.74, 6) is -0.00393. The van der Waals surface area contributed by atoms with Gasteiger partial charge in [0.1, 0.15) is 0 Å². The monoisotopic (exact) mass is 467 g/mol. The molecule has 1 amide bonds. The van der Waals surface area contributed by atoms with Crippen LogP contribution in [0, 0.1) is 31.1 Å². The fourth-order valence-electron chi connectivity index (χ4n) is 4.37. The number of carbonyl (C=O) groups is 2. The van der Waals surface area contributed by atoms with Crippen LogP contribution in [0.15, 0.2) is 30.5 Å². The van der Waals surface area contributed by atoms with E-state index in [1.165, 1.54) is 4.57 Å². The number of aryl methyl sites for hydroxylation is 2. The molecule has 5 nitrogen and oxygen atoms in total.